The van der Waals surface area contributed by atoms with Gasteiger partial charge in [0.05, 0.1) is 6.61 Å². The molecule has 1 aromatic rings. The Morgan fingerprint density at radius 2 is 1.65 bits per heavy atom. The predicted molar refractivity (Wildman–Crippen MR) is 72.3 cm³/mol. The molecule has 0 aliphatic heterocycles. The average Bonchev–Trinajstić information content (AvgIpc) is 2.40. The Morgan fingerprint density at radius 1 is 1.00 bits per heavy atom. The fourth-order valence-electron chi connectivity index (χ4n) is 2.83. The number of para-hydroxylation sites is 1. The monoisotopic (exact) mass is 232 g/mol. The standard InChI is InChI=1S/C16H24O/c1-2-6-14-9-11-15(12-10-14)13-17-16-7-4-3-5-8-16/h3-5,7-8,14-15H,2,6,9-13H2,1H3. The van der Waals surface area contributed by atoms with Crippen molar-refractivity contribution in [3.8, 4) is 5.75 Å². The van der Waals surface area contributed by atoms with Crippen LogP contribution >= 0.6 is 0 Å². The Morgan fingerprint density at radius 3 is 2.29 bits per heavy atom. The van der Waals surface area contributed by atoms with Crippen molar-refractivity contribution in [2.75, 3.05) is 6.61 Å². The molecular weight excluding hydrogens is 208 g/mol. The molecule has 1 aliphatic carbocycles. The summed E-state index contributed by atoms with van der Waals surface area (Å²) < 4.78 is 5.84. The quantitative estimate of drug-likeness (QED) is 0.716. The maximum absolute atomic E-state index is 5.84. The minimum atomic E-state index is 0.781. The first-order valence-corrected chi connectivity index (χ1v) is 7.06. The lowest BCUT2D eigenvalue weighted by molar-refractivity contribution is 0.178. The fourth-order valence-corrected chi connectivity index (χ4v) is 2.83. The number of hydrogen-bond donors (Lipinski definition) is 0. The van der Waals surface area contributed by atoms with Gasteiger partial charge >= 0.3 is 0 Å². The highest BCUT2D eigenvalue weighted by Gasteiger charge is 2.20. The number of benzene rings is 1. The van der Waals surface area contributed by atoms with Crippen LogP contribution in [0, 0.1) is 11.8 Å². The van der Waals surface area contributed by atoms with Gasteiger partial charge in [0.25, 0.3) is 0 Å². The van der Waals surface area contributed by atoms with Crippen molar-refractivity contribution in [3.63, 3.8) is 0 Å². The molecule has 0 N–H and O–H groups in total. The van der Waals surface area contributed by atoms with Gasteiger partial charge < -0.3 is 4.74 Å². The molecule has 0 spiro atoms. The third-order valence-electron chi connectivity index (χ3n) is 3.89. The Hall–Kier alpha value is -0.980. The van der Waals surface area contributed by atoms with E-state index < -0.39 is 0 Å². The SMILES string of the molecule is CCCC1CCC(COc2ccccc2)CC1. The molecule has 0 amide bonds. The van der Waals surface area contributed by atoms with Crippen LogP contribution in [0.4, 0.5) is 0 Å². The molecule has 1 saturated carbocycles. The van der Waals surface area contributed by atoms with E-state index in [4.69, 9.17) is 4.74 Å². The Kier molecular flexibility index (Phi) is 4.90. The van der Waals surface area contributed by atoms with Crippen LogP contribution in [-0.4, -0.2) is 6.61 Å². The molecule has 0 unspecified atom stereocenters. The van der Waals surface area contributed by atoms with Gasteiger partial charge in [0.15, 0.2) is 0 Å². The molecule has 1 aromatic carbocycles. The van der Waals surface area contributed by atoms with Crippen LogP contribution in [0.2, 0.25) is 0 Å². The highest BCUT2D eigenvalue weighted by Crippen LogP contribution is 2.31. The summed E-state index contributed by atoms with van der Waals surface area (Å²) >= 11 is 0. The molecule has 0 aromatic heterocycles. The fraction of sp³-hybridized carbons (Fsp3) is 0.625. The molecule has 1 heteroatoms. The Bertz CT molecular complexity index is 299. The molecule has 94 valence electrons. The molecule has 1 aliphatic rings. The van der Waals surface area contributed by atoms with E-state index in [2.05, 4.69) is 6.92 Å². The molecule has 0 atom stereocenters. The van der Waals surface area contributed by atoms with E-state index in [1.54, 1.807) is 0 Å². The lowest BCUT2D eigenvalue weighted by Crippen LogP contribution is -2.20. The summed E-state index contributed by atoms with van der Waals surface area (Å²) in [5, 5.41) is 0. The number of hydrogen-bond acceptors (Lipinski definition) is 1. The second kappa shape index (κ2) is 6.68. The van der Waals surface area contributed by atoms with E-state index in [1.165, 1.54) is 38.5 Å². The third-order valence-corrected chi connectivity index (χ3v) is 3.89. The first-order valence-electron chi connectivity index (χ1n) is 7.06. The highest BCUT2D eigenvalue weighted by atomic mass is 16.5. The first-order chi connectivity index (χ1) is 8.38. The van der Waals surface area contributed by atoms with Crippen molar-refractivity contribution in [2.45, 2.75) is 45.4 Å². The molecule has 17 heavy (non-hydrogen) atoms. The van der Waals surface area contributed by atoms with Gasteiger partial charge in [-0.1, -0.05) is 50.8 Å². The van der Waals surface area contributed by atoms with E-state index in [1.807, 2.05) is 30.3 Å². The molecule has 0 bridgehead atoms. The largest absolute Gasteiger partial charge is 0.493 e. The molecule has 2 rings (SSSR count). The van der Waals surface area contributed by atoms with Crippen molar-refractivity contribution in [1.82, 2.24) is 0 Å². The minimum Gasteiger partial charge on any atom is -0.493 e. The van der Waals surface area contributed by atoms with Crippen molar-refractivity contribution in [2.24, 2.45) is 11.8 Å². The van der Waals surface area contributed by atoms with Gasteiger partial charge in [-0.25, -0.2) is 0 Å². The molecule has 1 nitrogen and oxygen atoms in total. The topological polar surface area (TPSA) is 9.23 Å². The molecule has 0 radical (unpaired) electrons. The summed E-state index contributed by atoms with van der Waals surface area (Å²) in [5.74, 6) is 2.79. The van der Waals surface area contributed by atoms with Crippen LogP contribution in [-0.2, 0) is 0 Å². The van der Waals surface area contributed by atoms with Crippen molar-refractivity contribution >= 4 is 0 Å². The van der Waals surface area contributed by atoms with Crippen LogP contribution in [0.25, 0.3) is 0 Å². The van der Waals surface area contributed by atoms with Crippen LogP contribution in [0.3, 0.4) is 0 Å². The van der Waals surface area contributed by atoms with E-state index >= 15 is 0 Å². The summed E-state index contributed by atoms with van der Waals surface area (Å²) in [5.41, 5.74) is 0. The summed E-state index contributed by atoms with van der Waals surface area (Å²) in [6, 6.07) is 10.2. The minimum absolute atomic E-state index is 0.781. The zero-order chi connectivity index (χ0) is 11.9. The predicted octanol–water partition coefficient (Wildman–Crippen LogP) is 4.67. The van der Waals surface area contributed by atoms with E-state index in [-0.39, 0.29) is 0 Å². The smallest absolute Gasteiger partial charge is 0.119 e. The highest BCUT2D eigenvalue weighted by molar-refractivity contribution is 5.20. The maximum Gasteiger partial charge on any atom is 0.119 e. The Labute approximate surface area is 105 Å². The summed E-state index contributed by atoms with van der Waals surface area (Å²) in [6.07, 6.45) is 8.31. The van der Waals surface area contributed by atoms with Gasteiger partial charge in [0.1, 0.15) is 5.75 Å². The van der Waals surface area contributed by atoms with Crippen LogP contribution in [0.1, 0.15) is 45.4 Å². The third kappa shape index (κ3) is 4.07. The molecule has 0 saturated heterocycles. The first kappa shape index (κ1) is 12.5. The average molecular weight is 232 g/mol. The Balaban J connectivity index is 1.68. The number of ether oxygens (including phenoxy) is 1. The van der Waals surface area contributed by atoms with E-state index in [0.717, 1.165) is 24.2 Å². The van der Waals surface area contributed by atoms with Gasteiger partial charge in [0.2, 0.25) is 0 Å². The molecule has 0 heterocycles. The molecule has 1 fully saturated rings. The normalized spacial score (nSPS) is 24.5. The van der Waals surface area contributed by atoms with E-state index in [0.29, 0.717) is 0 Å². The lowest BCUT2D eigenvalue weighted by atomic mass is 9.80. The number of rotatable bonds is 5. The summed E-state index contributed by atoms with van der Waals surface area (Å²) in [7, 11) is 0. The van der Waals surface area contributed by atoms with Crippen LogP contribution in [0.15, 0.2) is 30.3 Å². The molecular formula is C16H24O. The second-order valence-corrected chi connectivity index (χ2v) is 5.30. The van der Waals surface area contributed by atoms with Gasteiger partial charge in [-0.3, -0.25) is 0 Å². The van der Waals surface area contributed by atoms with Crippen molar-refractivity contribution in [3.05, 3.63) is 30.3 Å². The zero-order valence-corrected chi connectivity index (χ0v) is 10.9. The zero-order valence-electron chi connectivity index (χ0n) is 10.9. The second-order valence-electron chi connectivity index (χ2n) is 5.30. The van der Waals surface area contributed by atoms with Gasteiger partial charge in [-0.2, -0.15) is 0 Å². The van der Waals surface area contributed by atoms with Gasteiger partial charge in [-0.05, 0) is 36.8 Å². The van der Waals surface area contributed by atoms with Crippen LogP contribution < -0.4 is 4.74 Å². The van der Waals surface area contributed by atoms with Crippen LogP contribution in [0.5, 0.6) is 5.75 Å². The van der Waals surface area contributed by atoms with Gasteiger partial charge in [0, 0.05) is 0 Å². The van der Waals surface area contributed by atoms with E-state index in [9.17, 15) is 0 Å². The van der Waals surface area contributed by atoms with Crippen molar-refractivity contribution in [1.29, 1.82) is 0 Å². The van der Waals surface area contributed by atoms with Crippen molar-refractivity contribution < 1.29 is 4.74 Å². The summed E-state index contributed by atoms with van der Waals surface area (Å²) in [4.78, 5) is 0. The lowest BCUT2D eigenvalue weighted by Gasteiger charge is -2.28. The summed E-state index contributed by atoms with van der Waals surface area (Å²) in [6.45, 7) is 3.20. The maximum atomic E-state index is 5.84. The van der Waals surface area contributed by atoms with Gasteiger partial charge in [-0.15, -0.1) is 0 Å².